The number of hydrogen-bond acceptors (Lipinski definition) is 3. The van der Waals surface area contributed by atoms with Gasteiger partial charge in [0.15, 0.2) is 0 Å². The zero-order valence-corrected chi connectivity index (χ0v) is 14.2. The van der Waals surface area contributed by atoms with Crippen molar-refractivity contribution < 1.29 is 9.59 Å². The summed E-state index contributed by atoms with van der Waals surface area (Å²) in [6.45, 7) is 2.60. The molecule has 130 valence electrons. The second-order valence-corrected chi connectivity index (χ2v) is 6.84. The molecule has 0 spiro atoms. The first-order chi connectivity index (χ1) is 11.7. The monoisotopic (exact) mass is 329 g/mol. The molecule has 0 radical (unpaired) electrons. The van der Waals surface area contributed by atoms with Crippen molar-refractivity contribution in [3.8, 4) is 0 Å². The summed E-state index contributed by atoms with van der Waals surface area (Å²) in [6, 6.07) is 9.71. The van der Waals surface area contributed by atoms with Crippen LogP contribution >= 0.6 is 0 Å². The van der Waals surface area contributed by atoms with Gasteiger partial charge in [0.05, 0.1) is 0 Å². The second-order valence-electron chi connectivity index (χ2n) is 6.84. The molecule has 2 aliphatic heterocycles. The van der Waals surface area contributed by atoms with E-state index in [2.05, 4.69) is 10.6 Å². The smallest absolute Gasteiger partial charge is 0.245 e. The van der Waals surface area contributed by atoms with Crippen LogP contribution in [0.4, 0.5) is 0 Å². The molecule has 2 fully saturated rings. The van der Waals surface area contributed by atoms with E-state index in [1.807, 2.05) is 35.2 Å². The molecule has 3 rings (SSSR count). The predicted molar refractivity (Wildman–Crippen MR) is 93.5 cm³/mol. The Bertz CT molecular complexity index is 549. The Labute approximate surface area is 143 Å². The standard InChI is InChI=1S/C19H27N3O2/c23-18(14-16-9-6-10-20-16)21-17(13-15-7-2-1-3-8-15)19(24)22-11-4-5-12-22/h1-3,7-8,16-17,20H,4-6,9-14H2,(H,21,23). The maximum atomic E-state index is 12.8. The number of rotatable bonds is 6. The van der Waals surface area contributed by atoms with E-state index in [-0.39, 0.29) is 17.9 Å². The van der Waals surface area contributed by atoms with Crippen molar-refractivity contribution in [2.24, 2.45) is 0 Å². The van der Waals surface area contributed by atoms with Crippen molar-refractivity contribution >= 4 is 11.8 Å². The highest BCUT2D eigenvalue weighted by Crippen LogP contribution is 2.13. The maximum Gasteiger partial charge on any atom is 0.245 e. The topological polar surface area (TPSA) is 61.4 Å². The van der Waals surface area contributed by atoms with Gasteiger partial charge in [-0.05, 0) is 37.8 Å². The van der Waals surface area contributed by atoms with Gasteiger partial charge in [-0.15, -0.1) is 0 Å². The molecule has 24 heavy (non-hydrogen) atoms. The first kappa shape index (κ1) is 17.0. The lowest BCUT2D eigenvalue weighted by molar-refractivity contribution is -0.135. The van der Waals surface area contributed by atoms with Crippen LogP contribution in [0.25, 0.3) is 0 Å². The Kier molecular flexibility index (Phi) is 5.86. The largest absolute Gasteiger partial charge is 0.344 e. The average Bonchev–Trinajstić information content (AvgIpc) is 3.28. The van der Waals surface area contributed by atoms with Gasteiger partial charge in [-0.2, -0.15) is 0 Å². The van der Waals surface area contributed by atoms with Gasteiger partial charge < -0.3 is 15.5 Å². The van der Waals surface area contributed by atoms with E-state index in [4.69, 9.17) is 0 Å². The van der Waals surface area contributed by atoms with E-state index >= 15 is 0 Å². The molecule has 5 heteroatoms. The van der Waals surface area contributed by atoms with Crippen molar-refractivity contribution in [3.05, 3.63) is 35.9 Å². The molecule has 2 aliphatic rings. The van der Waals surface area contributed by atoms with Gasteiger partial charge in [-0.3, -0.25) is 9.59 Å². The molecule has 5 nitrogen and oxygen atoms in total. The fourth-order valence-corrected chi connectivity index (χ4v) is 3.62. The molecule has 0 bridgehead atoms. The Hall–Kier alpha value is -1.88. The number of likely N-dealkylation sites (tertiary alicyclic amines) is 1. The molecule has 2 unspecified atom stereocenters. The lowest BCUT2D eigenvalue weighted by Crippen LogP contribution is -2.49. The highest BCUT2D eigenvalue weighted by molar-refractivity contribution is 5.88. The molecule has 0 aromatic heterocycles. The molecular formula is C19H27N3O2. The van der Waals surface area contributed by atoms with Gasteiger partial charge in [0, 0.05) is 32.0 Å². The van der Waals surface area contributed by atoms with E-state index in [0.717, 1.165) is 50.9 Å². The van der Waals surface area contributed by atoms with Crippen LogP contribution in [-0.2, 0) is 16.0 Å². The van der Waals surface area contributed by atoms with Crippen LogP contribution in [0.3, 0.4) is 0 Å². The third kappa shape index (κ3) is 4.57. The molecule has 2 N–H and O–H groups in total. The van der Waals surface area contributed by atoms with E-state index in [1.165, 1.54) is 0 Å². The summed E-state index contributed by atoms with van der Waals surface area (Å²) in [5.41, 5.74) is 1.08. The van der Waals surface area contributed by atoms with E-state index < -0.39 is 6.04 Å². The van der Waals surface area contributed by atoms with Crippen LogP contribution in [0.15, 0.2) is 30.3 Å². The summed E-state index contributed by atoms with van der Waals surface area (Å²) in [4.78, 5) is 27.1. The van der Waals surface area contributed by atoms with Crippen molar-refractivity contribution in [1.29, 1.82) is 0 Å². The molecule has 1 aromatic carbocycles. The highest BCUT2D eigenvalue weighted by atomic mass is 16.2. The third-order valence-electron chi connectivity index (χ3n) is 4.93. The van der Waals surface area contributed by atoms with E-state index in [1.54, 1.807) is 0 Å². The summed E-state index contributed by atoms with van der Waals surface area (Å²) < 4.78 is 0. The third-order valence-corrected chi connectivity index (χ3v) is 4.93. The Morgan fingerprint density at radius 2 is 1.92 bits per heavy atom. The van der Waals surface area contributed by atoms with Crippen molar-refractivity contribution in [2.75, 3.05) is 19.6 Å². The van der Waals surface area contributed by atoms with E-state index in [0.29, 0.717) is 12.8 Å². The summed E-state index contributed by atoms with van der Waals surface area (Å²) in [6.07, 6.45) is 5.29. The number of carbonyl (C=O) groups excluding carboxylic acids is 2. The molecule has 0 aliphatic carbocycles. The van der Waals surface area contributed by atoms with Gasteiger partial charge in [-0.25, -0.2) is 0 Å². The number of amides is 2. The lowest BCUT2D eigenvalue weighted by Gasteiger charge is -2.24. The quantitative estimate of drug-likeness (QED) is 0.831. The highest BCUT2D eigenvalue weighted by Gasteiger charge is 2.28. The molecule has 2 amide bonds. The minimum Gasteiger partial charge on any atom is -0.344 e. The zero-order valence-electron chi connectivity index (χ0n) is 14.2. The fraction of sp³-hybridized carbons (Fsp3) is 0.579. The Balaban J connectivity index is 1.63. The van der Waals surface area contributed by atoms with Crippen LogP contribution < -0.4 is 10.6 Å². The summed E-state index contributed by atoms with van der Waals surface area (Å²) >= 11 is 0. The van der Waals surface area contributed by atoms with Crippen molar-refractivity contribution in [3.63, 3.8) is 0 Å². The summed E-state index contributed by atoms with van der Waals surface area (Å²) in [5, 5.41) is 6.34. The van der Waals surface area contributed by atoms with Gasteiger partial charge >= 0.3 is 0 Å². The molecule has 0 saturated carbocycles. The lowest BCUT2D eigenvalue weighted by atomic mass is 10.0. The van der Waals surface area contributed by atoms with Crippen LogP contribution in [0.2, 0.25) is 0 Å². The number of nitrogens with zero attached hydrogens (tertiary/aromatic N) is 1. The van der Waals surface area contributed by atoms with Crippen molar-refractivity contribution in [1.82, 2.24) is 15.5 Å². The molecule has 2 saturated heterocycles. The zero-order chi connectivity index (χ0) is 16.8. The van der Waals surface area contributed by atoms with Crippen LogP contribution in [0.1, 0.15) is 37.7 Å². The van der Waals surface area contributed by atoms with Crippen LogP contribution in [0.5, 0.6) is 0 Å². The molecular weight excluding hydrogens is 302 g/mol. The SMILES string of the molecule is O=C(CC1CCCN1)NC(Cc1ccccc1)C(=O)N1CCCC1. The molecule has 2 heterocycles. The van der Waals surface area contributed by atoms with Gasteiger partial charge in [0.2, 0.25) is 11.8 Å². The fourth-order valence-electron chi connectivity index (χ4n) is 3.62. The summed E-state index contributed by atoms with van der Waals surface area (Å²) in [5.74, 6) is 0.0342. The first-order valence-electron chi connectivity index (χ1n) is 9.08. The minimum absolute atomic E-state index is 0.0251. The first-order valence-corrected chi connectivity index (χ1v) is 9.08. The normalized spacial score (nSPS) is 21.7. The van der Waals surface area contributed by atoms with Crippen molar-refractivity contribution in [2.45, 2.75) is 50.6 Å². The Morgan fingerprint density at radius 1 is 1.17 bits per heavy atom. The minimum atomic E-state index is -0.459. The number of carbonyl (C=O) groups is 2. The number of hydrogen-bond donors (Lipinski definition) is 2. The van der Waals surface area contributed by atoms with Gasteiger partial charge in [0.25, 0.3) is 0 Å². The average molecular weight is 329 g/mol. The summed E-state index contributed by atoms with van der Waals surface area (Å²) in [7, 11) is 0. The van der Waals surface area contributed by atoms with Gasteiger partial charge in [-0.1, -0.05) is 30.3 Å². The number of nitrogens with one attached hydrogen (secondary N) is 2. The van der Waals surface area contributed by atoms with Crippen LogP contribution in [-0.4, -0.2) is 48.4 Å². The van der Waals surface area contributed by atoms with Crippen LogP contribution in [0, 0.1) is 0 Å². The predicted octanol–water partition coefficient (Wildman–Crippen LogP) is 1.48. The maximum absolute atomic E-state index is 12.8. The Morgan fingerprint density at radius 3 is 2.58 bits per heavy atom. The second kappa shape index (κ2) is 8.29. The van der Waals surface area contributed by atoms with Gasteiger partial charge in [0.1, 0.15) is 6.04 Å². The molecule has 2 atom stereocenters. The number of benzene rings is 1. The van der Waals surface area contributed by atoms with E-state index in [9.17, 15) is 9.59 Å². The molecule has 1 aromatic rings.